The lowest BCUT2D eigenvalue weighted by Gasteiger charge is -2.17. The average molecular weight is 224 g/mol. The van der Waals surface area contributed by atoms with Crippen molar-refractivity contribution in [2.24, 2.45) is 5.73 Å². The maximum atomic E-state index is 11.4. The maximum absolute atomic E-state index is 11.4. The van der Waals surface area contributed by atoms with Gasteiger partial charge in [0.25, 0.3) is 0 Å². The molecule has 0 aromatic carbocycles. The molecule has 0 aliphatic rings. The second-order valence-electron chi connectivity index (χ2n) is 4.67. The summed E-state index contributed by atoms with van der Waals surface area (Å²) in [5, 5.41) is 2.84. The van der Waals surface area contributed by atoms with Crippen molar-refractivity contribution < 1.29 is 9.21 Å². The molecule has 0 radical (unpaired) electrons. The lowest BCUT2D eigenvalue weighted by molar-refractivity contribution is -0.121. The summed E-state index contributed by atoms with van der Waals surface area (Å²) in [5.74, 6) is 0.935. The molecule has 0 saturated heterocycles. The molecule has 4 heteroatoms. The van der Waals surface area contributed by atoms with Crippen molar-refractivity contribution in [3.05, 3.63) is 24.2 Å². The summed E-state index contributed by atoms with van der Waals surface area (Å²) in [4.78, 5) is 11.4. The molecule has 4 nitrogen and oxygen atoms in total. The minimum absolute atomic E-state index is 0.0464. The molecular weight excluding hydrogens is 204 g/mol. The van der Waals surface area contributed by atoms with Crippen LogP contribution in [0.1, 0.15) is 32.4 Å². The highest BCUT2D eigenvalue weighted by Crippen LogP contribution is 2.06. The molecule has 0 fully saturated rings. The van der Waals surface area contributed by atoms with Crippen molar-refractivity contribution in [1.29, 1.82) is 0 Å². The van der Waals surface area contributed by atoms with Crippen LogP contribution in [0.3, 0.4) is 0 Å². The number of furan rings is 1. The van der Waals surface area contributed by atoms with Gasteiger partial charge in [0.2, 0.25) is 5.91 Å². The Morgan fingerprint density at radius 2 is 2.31 bits per heavy atom. The predicted molar refractivity (Wildman–Crippen MR) is 62.9 cm³/mol. The molecule has 0 aliphatic carbocycles. The summed E-state index contributed by atoms with van der Waals surface area (Å²) in [6.07, 6.45) is 3.53. The zero-order valence-electron chi connectivity index (χ0n) is 9.95. The van der Waals surface area contributed by atoms with E-state index >= 15 is 0 Å². The highest BCUT2D eigenvalue weighted by atomic mass is 16.3. The van der Waals surface area contributed by atoms with Crippen LogP contribution in [0.25, 0.3) is 0 Å². The summed E-state index contributed by atoms with van der Waals surface area (Å²) in [7, 11) is 0. The van der Waals surface area contributed by atoms with E-state index in [0.29, 0.717) is 19.4 Å². The van der Waals surface area contributed by atoms with E-state index in [1.165, 1.54) is 0 Å². The van der Waals surface area contributed by atoms with Gasteiger partial charge in [0.05, 0.1) is 6.26 Å². The minimum Gasteiger partial charge on any atom is -0.469 e. The third kappa shape index (κ3) is 5.56. The van der Waals surface area contributed by atoms with Gasteiger partial charge in [0.15, 0.2) is 0 Å². The van der Waals surface area contributed by atoms with Gasteiger partial charge in [-0.05, 0) is 32.4 Å². The van der Waals surface area contributed by atoms with Gasteiger partial charge in [-0.2, -0.15) is 0 Å². The van der Waals surface area contributed by atoms with Gasteiger partial charge in [0.1, 0.15) is 5.76 Å². The van der Waals surface area contributed by atoms with Crippen LogP contribution in [0, 0.1) is 0 Å². The average Bonchev–Trinajstić information content (AvgIpc) is 2.66. The molecule has 3 N–H and O–H groups in total. The van der Waals surface area contributed by atoms with Crippen LogP contribution in [0.15, 0.2) is 22.8 Å². The molecule has 0 spiro atoms. The second-order valence-corrected chi connectivity index (χ2v) is 4.67. The topological polar surface area (TPSA) is 68.3 Å². The molecule has 90 valence electrons. The van der Waals surface area contributed by atoms with Crippen LogP contribution in [0.4, 0.5) is 0 Å². The summed E-state index contributed by atoms with van der Waals surface area (Å²) in [6, 6.07) is 3.74. The molecular formula is C12H20N2O2. The van der Waals surface area contributed by atoms with E-state index in [4.69, 9.17) is 10.2 Å². The highest BCUT2D eigenvalue weighted by Gasteiger charge is 2.12. The highest BCUT2D eigenvalue weighted by molar-refractivity contribution is 5.75. The zero-order valence-corrected chi connectivity index (χ0v) is 9.95. The standard InChI is InChI=1S/C12H20N2O2/c1-12(2,13)7-5-11(15)14-8-6-10-4-3-9-16-10/h3-4,9H,5-8,13H2,1-2H3,(H,14,15). The molecule has 1 heterocycles. The van der Waals surface area contributed by atoms with Gasteiger partial charge >= 0.3 is 0 Å². The van der Waals surface area contributed by atoms with Crippen molar-refractivity contribution in [2.45, 2.75) is 38.6 Å². The van der Waals surface area contributed by atoms with Gasteiger partial charge in [0, 0.05) is 24.9 Å². The Morgan fingerprint density at radius 1 is 1.56 bits per heavy atom. The molecule has 16 heavy (non-hydrogen) atoms. The van der Waals surface area contributed by atoms with Crippen LogP contribution in [0.2, 0.25) is 0 Å². The molecule has 1 aromatic heterocycles. The van der Waals surface area contributed by atoms with Gasteiger partial charge in [-0.1, -0.05) is 0 Å². The molecule has 0 aliphatic heterocycles. The first-order chi connectivity index (χ1) is 7.47. The minimum atomic E-state index is -0.279. The Kier molecular flexibility index (Phi) is 4.55. The fourth-order valence-electron chi connectivity index (χ4n) is 1.30. The van der Waals surface area contributed by atoms with Gasteiger partial charge in [-0.3, -0.25) is 4.79 Å². The molecule has 0 atom stereocenters. The van der Waals surface area contributed by atoms with E-state index in [-0.39, 0.29) is 11.4 Å². The number of rotatable bonds is 6. The largest absolute Gasteiger partial charge is 0.469 e. The molecule has 0 bridgehead atoms. The first-order valence-corrected chi connectivity index (χ1v) is 5.55. The predicted octanol–water partition coefficient (Wildman–Crippen LogP) is 1.46. The van der Waals surface area contributed by atoms with E-state index < -0.39 is 0 Å². The first kappa shape index (κ1) is 12.8. The fraction of sp³-hybridized carbons (Fsp3) is 0.583. The Labute approximate surface area is 96.2 Å². The van der Waals surface area contributed by atoms with Crippen molar-refractivity contribution in [3.63, 3.8) is 0 Å². The lowest BCUT2D eigenvalue weighted by Crippen LogP contribution is -2.34. The number of hydrogen-bond acceptors (Lipinski definition) is 3. The Bertz CT molecular complexity index is 312. The van der Waals surface area contributed by atoms with Crippen LogP contribution < -0.4 is 11.1 Å². The van der Waals surface area contributed by atoms with Gasteiger partial charge in [-0.25, -0.2) is 0 Å². The third-order valence-electron chi connectivity index (χ3n) is 2.27. The summed E-state index contributed by atoms with van der Waals surface area (Å²) in [5.41, 5.74) is 5.52. The number of nitrogens with two attached hydrogens (primary N) is 1. The van der Waals surface area contributed by atoms with Crippen molar-refractivity contribution in [2.75, 3.05) is 6.54 Å². The zero-order chi connectivity index (χ0) is 12.0. The van der Waals surface area contributed by atoms with E-state index in [2.05, 4.69) is 5.32 Å². The fourth-order valence-corrected chi connectivity index (χ4v) is 1.30. The Morgan fingerprint density at radius 3 is 2.88 bits per heavy atom. The first-order valence-electron chi connectivity index (χ1n) is 5.55. The Balaban J connectivity index is 2.11. The molecule has 1 amide bonds. The SMILES string of the molecule is CC(C)(N)CCC(=O)NCCc1ccco1. The molecule has 0 unspecified atom stereocenters. The van der Waals surface area contributed by atoms with E-state index in [0.717, 1.165) is 12.2 Å². The number of carbonyl (C=O) groups excluding carboxylic acids is 1. The van der Waals surface area contributed by atoms with E-state index in [1.807, 2.05) is 26.0 Å². The number of nitrogens with one attached hydrogen (secondary N) is 1. The van der Waals surface area contributed by atoms with E-state index in [1.54, 1.807) is 6.26 Å². The van der Waals surface area contributed by atoms with Crippen LogP contribution in [-0.4, -0.2) is 18.0 Å². The number of carbonyl (C=O) groups is 1. The number of amides is 1. The summed E-state index contributed by atoms with van der Waals surface area (Å²) in [6.45, 7) is 4.45. The van der Waals surface area contributed by atoms with Gasteiger partial charge in [-0.15, -0.1) is 0 Å². The van der Waals surface area contributed by atoms with Gasteiger partial charge < -0.3 is 15.5 Å². The Hall–Kier alpha value is -1.29. The number of hydrogen-bond donors (Lipinski definition) is 2. The molecule has 1 aromatic rings. The summed E-state index contributed by atoms with van der Waals surface area (Å²) < 4.78 is 5.16. The third-order valence-corrected chi connectivity index (χ3v) is 2.27. The van der Waals surface area contributed by atoms with E-state index in [9.17, 15) is 4.79 Å². The quantitative estimate of drug-likeness (QED) is 0.768. The second kappa shape index (κ2) is 5.70. The van der Waals surface area contributed by atoms with Crippen LogP contribution in [0.5, 0.6) is 0 Å². The summed E-state index contributed by atoms with van der Waals surface area (Å²) >= 11 is 0. The molecule has 1 rings (SSSR count). The molecule has 0 saturated carbocycles. The van der Waals surface area contributed by atoms with Crippen LogP contribution in [-0.2, 0) is 11.2 Å². The monoisotopic (exact) mass is 224 g/mol. The maximum Gasteiger partial charge on any atom is 0.220 e. The lowest BCUT2D eigenvalue weighted by atomic mass is 10.00. The smallest absolute Gasteiger partial charge is 0.220 e. The van der Waals surface area contributed by atoms with Crippen molar-refractivity contribution in [1.82, 2.24) is 5.32 Å². The van der Waals surface area contributed by atoms with Crippen molar-refractivity contribution in [3.8, 4) is 0 Å². The van der Waals surface area contributed by atoms with Crippen LogP contribution >= 0.6 is 0 Å². The van der Waals surface area contributed by atoms with Crippen molar-refractivity contribution >= 4 is 5.91 Å². The normalized spacial score (nSPS) is 11.4.